The molecule has 31 heavy (non-hydrogen) atoms. The number of hydrogen-bond acceptors (Lipinski definition) is 4. The van der Waals surface area contributed by atoms with Crippen LogP contribution in [0.4, 0.5) is 8.78 Å². The van der Waals surface area contributed by atoms with Gasteiger partial charge in [0.05, 0.1) is 19.1 Å². The minimum absolute atomic E-state index is 0.101. The minimum Gasteiger partial charge on any atom is -0.492 e. The molecule has 2 aliphatic heterocycles. The second kappa shape index (κ2) is 8.92. The standard InChI is InChI=1S/C22H24F2N2O4S/c23-14-31(28,29)25-19-5-3-10-26-20(19)13-16-12-15(7-8-18(16)24)17-4-1-2-6-21(17)30-11-9-22(26)27/h1-2,4,6-8,12,19-20,25H,3,5,9-11,13-14H2/t19-,20-/m0/s1. The highest BCUT2D eigenvalue weighted by Crippen LogP contribution is 2.33. The molecule has 0 aliphatic carbocycles. The summed E-state index contributed by atoms with van der Waals surface area (Å²) in [6.07, 6.45) is 1.22. The van der Waals surface area contributed by atoms with Gasteiger partial charge in [0.2, 0.25) is 21.9 Å². The molecular formula is C22H24F2N2O4S. The van der Waals surface area contributed by atoms with E-state index in [-0.39, 0.29) is 25.4 Å². The van der Waals surface area contributed by atoms with E-state index in [1.807, 2.05) is 18.2 Å². The number of carbonyl (C=O) groups is 1. The van der Waals surface area contributed by atoms with Crippen molar-refractivity contribution in [3.63, 3.8) is 0 Å². The monoisotopic (exact) mass is 450 g/mol. The summed E-state index contributed by atoms with van der Waals surface area (Å²) in [5.41, 5.74) is 1.91. The molecule has 2 aromatic carbocycles. The molecule has 0 unspecified atom stereocenters. The summed E-state index contributed by atoms with van der Waals surface area (Å²) >= 11 is 0. The van der Waals surface area contributed by atoms with Crippen molar-refractivity contribution >= 4 is 15.9 Å². The molecule has 2 aliphatic rings. The molecule has 0 radical (unpaired) electrons. The van der Waals surface area contributed by atoms with Crippen LogP contribution in [0.5, 0.6) is 5.75 Å². The Morgan fingerprint density at radius 1 is 1.19 bits per heavy atom. The average molecular weight is 451 g/mol. The number of para-hydroxylation sites is 1. The predicted octanol–water partition coefficient (Wildman–Crippen LogP) is 3.02. The Kier molecular flexibility index (Phi) is 6.24. The lowest BCUT2D eigenvalue weighted by molar-refractivity contribution is -0.136. The van der Waals surface area contributed by atoms with Crippen LogP contribution in [0.25, 0.3) is 11.1 Å². The number of carbonyl (C=O) groups excluding carboxylic acids is 1. The first-order valence-corrected chi connectivity index (χ1v) is 11.9. The summed E-state index contributed by atoms with van der Waals surface area (Å²) < 4.78 is 59.7. The van der Waals surface area contributed by atoms with Crippen LogP contribution in [-0.2, 0) is 21.2 Å². The van der Waals surface area contributed by atoms with Gasteiger partial charge in [-0.2, -0.15) is 0 Å². The van der Waals surface area contributed by atoms with Gasteiger partial charge >= 0.3 is 0 Å². The van der Waals surface area contributed by atoms with Crippen molar-refractivity contribution in [2.45, 2.75) is 37.8 Å². The second-order valence-electron chi connectivity index (χ2n) is 7.85. The Bertz CT molecular complexity index is 1080. The van der Waals surface area contributed by atoms with E-state index in [4.69, 9.17) is 4.74 Å². The number of hydrogen-bond donors (Lipinski definition) is 1. The van der Waals surface area contributed by atoms with Gasteiger partial charge in [0.1, 0.15) is 11.6 Å². The molecule has 4 rings (SSSR count). The number of nitrogens with zero attached hydrogens (tertiary/aromatic N) is 1. The lowest BCUT2D eigenvalue weighted by Crippen LogP contribution is -2.58. The third-order valence-electron chi connectivity index (χ3n) is 5.82. The molecular weight excluding hydrogens is 426 g/mol. The number of nitrogens with one attached hydrogen (secondary N) is 1. The molecule has 0 spiro atoms. The first-order valence-electron chi connectivity index (χ1n) is 10.2. The van der Waals surface area contributed by atoms with E-state index in [1.54, 1.807) is 23.1 Å². The van der Waals surface area contributed by atoms with Gasteiger partial charge in [-0.25, -0.2) is 21.9 Å². The molecule has 6 nitrogen and oxygen atoms in total. The van der Waals surface area contributed by atoms with Crippen LogP contribution in [0.1, 0.15) is 24.8 Å². The summed E-state index contributed by atoms with van der Waals surface area (Å²) in [4.78, 5) is 14.5. The van der Waals surface area contributed by atoms with E-state index in [9.17, 15) is 22.0 Å². The van der Waals surface area contributed by atoms with E-state index in [2.05, 4.69) is 4.72 Å². The Balaban J connectivity index is 1.77. The van der Waals surface area contributed by atoms with Crippen LogP contribution in [0.3, 0.4) is 0 Å². The lowest BCUT2D eigenvalue weighted by Gasteiger charge is -2.42. The number of sulfonamides is 1. The summed E-state index contributed by atoms with van der Waals surface area (Å²) in [5, 5.41) is 0. The maximum Gasteiger partial charge on any atom is 0.241 e. The van der Waals surface area contributed by atoms with Gasteiger partial charge < -0.3 is 9.64 Å². The second-order valence-corrected chi connectivity index (χ2v) is 9.53. The number of benzene rings is 2. The van der Waals surface area contributed by atoms with Crippen molar-refractivity contribution < 1.29 is 26.7 Å². The quantitative estimate of drug-likeness (QED) is 0.780. The van der Waals surface area contributed by atoms with Crippen LogP contribution in [0.15, 0.2) is 42.5 Å². The van der Waals surface area contributed by atoms with E-state index in [0.717, 1.165) is 11.1 Å². The first kappa shape index (κ1) is 21.7. The molecule has 1 saturated heterocycles. The maximum atomic E-state index is 14.8. The molecule has 2 atom stereocenters. The largest absolute Gasteiger partial charge is 0.492 e. The highest BCUT2D eigenvalue weighted by atomic mass is 32.2. The van der Waals surface area contributed by atoms with Crippen molar-refractivity contribution in [1.29, 1.82) is 0 Å². The normalized spacial score (nSPS) is 21.9. The molecule has 166 valence electrons. The van der Waals surface area contributed by atoms with E-state index in [1.165, 1.54) is 6.07 Å². The van der Waals surface area contributed by atoms with Crippen LogP contribution in [0, 0.1) is 5.82 Å². The Morgan fingerprint density at radius 2 is 2.00 bits per heavy atom. The summed E-state index contributed by atoms with van der Waals surface area (Å²) in [6.45, 7) is 0.587. The van der Waals surface area contributed by atoms with Crippen LogP contribution in [-0.4, -0.2) is 50.5 Å². The summed E-state index contributed by atoms with van der Waals surface area (Å²) in [5.74, 6) is -0.0368. The summed E-state index contributed by atoms with van der Waals surface area (Å²) in [7, 11) is -4.13. The number of alkyl halides is 1. The van der Waals surface area contributed by atoms with Gasteiger partial charge in [0, 0.05) is 18.2 Å². The van der Waals surface area contributed by atoms with Crippen molar-refractivity contribution in [2.75, 3.05) is 19.2 Å². The topological polar surface area (TPSA) is 75.7 Å². The fraction of sp³-hybridized carbons (Fsp3) is 0.409. The van der Waals surface area contributed by atoms with Crippen molar-refractivity contribution in [1.82, 2.24) is 9.62 Å². The van der Waals surface area contributed by atoms with Crippen molar-refractivity contribution in [3.05, 3.63) is 53.8 Å². The molecule has 2 aromatic rings. The Hall–Kier alpha value is -2.52. The van der Waals surface area contributed by atoms with E-state index < -0.39 is 33.9 Å². The van der Waals surface area contributed by atoms with Gasteiger partial charge in [0.15, 0.2) is 0 Å². The Labute approximate surface area is 180 Å². The van der Waals surface area contributed by atoms with Crippen LogP contribution >= 0.6 is 0 Å². The zero-order valence-electron chi connectivity index (χ0n) is 16.9. The smallest absolute Gasteiger partial charge is 0.241 e. The fourth-order valence-corrected chi connectivity index (χ4v) is 5.16. The zero-order chi connectivity index (χ0) is 22.0. The lowest BCUT2D eigenvalue weighted by atomic mass is 9.89. The number of ether oxygens (including phenoxy) is 1. The minimum atomic E-state index is -4.13. The third kappa shape index (κ3) is 4.72. The Morgan fingerprint density at radius 3 is 2.81 bits per heavy atom. The molecule has 9 heteroatoms. The predicted molar refractivity (Wildman–Crippen MR) is 112 cm³/mol. The SMILES string of the molecule is O=C1CCOc2ccccc2-c2ccc(F)c(c2)C[C@H]2[C@@H](NS(=O)(=O)CF)CCCN12. The molecule has 0 aromatic heterocycles. The van der Waals surface area contributed by atoms with Gasteiger partial charge in [-0.3, -0.25) is 4.79 Å². The molecule has 0 saturated carbocycles. The summed E-state index contributed by atoms with van der Waals surface area (Å²) in [6, 6.07) is 9.23. The first-order chi connectivity index (χ1) is 14.9. The average Bonchev–Trinajstić information content (AvgIpc) is 2.76. The van der Waals surface area contributed by atoms with Gasteiger partial charge in [-0.15, -0.1) is 0 Å². The van der Waals surface area contributed by atoms with Crippen molar-refractivity contribution in [2.24, 2.45) is 0 Å². The van der Waals surface area contributed by atoms with Gasteiger partial charge in [0.25, 0.3) is 0 Å². The molecule has 1 amide bonds. The molecule has 1 N–H and O–H groups in total. The van der Waals surface area contributed by atoms with Crippen molar-refractivity contribution in [3.8, 4) is 16.9 Å². The zero-order valence-corrected chi connectivity index (χ0v) is 17.7. The number of rotatable bonds is 3. The van der Waals surface area contributed by atoms with E-state index >= 15 is 0 Å². The van der Waals surface area contributed by atoms with Crippen LogP contribution in [0.2, 0.25) is 0 Å². The molecule has 2 heterocycles. The highest BCUT2D eigenvalue weighted by molar-refractivity contribution is 7.89. The number of fused-ring (bicyclic) bond motifs is 5. The number of amides is 1. The maximum absolute atomic E-state index is 14.8. The van der Waals surface area contributed by atoms with Gasteiger partial charge in [-0.1, -0.05) is 24.3 Å². The third-order valence-corrected chi connectivity index (χ3v) is 6.77. The molecule has 1 fully saturated rings. The van der Waals surface area contributed by atoms with Crippen LogP contribution < -0.4 is 9.46 Å². The highest BCUT2D eigenvalue weighted by Gasteiger charge is 2.37. The number of halogens is 2. The molecule has 2 bridgehead atoms. The van der Waals surface area contributed by atoms with Gasteiger partial charge in [-0.05, 0) is 48.6 Å². The van der Waals surface area contributed by atoms with E-state index in [0.29, 0.717) is 30.7 Å². The number of piperidine rings is 1. The fourth-order valence-electron chi connectivity index (χ4n) is 4.37.